The number of benzene rings is 1. The van der Waals surface area contributed by atoms with Gasteiger partial charge in [0.05, 0.1) is 12.3 Å². The third-order valence-electron chi connectivity index (χ3n) is 3.70. The van der Waals surface area contributed by atoms with Gasteiger partial charge in [-0.15, -0.1) is 0 Å². The number of aryl methyl sites for hydroxylation is 1. The lowest BCUT2D eigenvalue weighted by Gasteiger charge is -2.32. The molecule has 0 saturated heterocycles. The molecule has 1 N–H and O–H groups in total. The first-order valence-electron chi connectivity index (χ1n) is 7.41. The van der Waals surface area contributed by atoms with Gasteiger partial charge in [-0.1, -0.05) is 49.3 Å². The molecule has 2 rings (SSSR count). The zero-order chi connectivity index (χ0) is 15.2. The minimum Gasteiger partial charge on any atom is -0.395 e. The third kappa shape index (κ3) is 4.41. The smallest absolute Gasteiger partial charge is 0.133 e. The average molecular weight is 288 g/mol. The van der Waals surface area contributed by atoms with Crippen LogP contribution in [0.2, 0.25) is 0 Å². The molecule has 0 bridgehead atoms. The van der Waals surface area contributed by atoms with Gasteiger partial charge in [0.15, 0.2) is 0 Å². The summed E-state index contributed by atoms with van der Waals surface area (Å²) >= 11 is 0. The van der Waals surface area contributed by atoms with Gasteiger partial charge in [-0.2, -0.15) is 0 Å². The van der Waals surface area contributed by atoms with Crippen molar-refractivity contribution in [1.82, 2.24) is 10.1 Å². The predicted octanol–water partition coefficient (Wildman–Crippen LogP) is 3.00. The monoisotopic (exact) mass is 288 g/mol. The molecule has 0 fully saturated rings. The highest BCUT2D eigenvalue weighted by atomic mass is 16.5. The van der Waals surface area contributed by atoms with Gasteiger partial charge in [0.25, 0.3) is 0 Å². The molecule has 4 heteroatoms. The van der Waals surface area contributed by atoms with Crippen molar-refractivity contribution >= 4 is 0 Å². The summed E-state index contributed by atoms with van der Waals surface area (Å²) in [6, 6.07) is 12.4. The third-order valence-corrected chi connectivity index (χ3v) is 3.70. The molecule has 0 unspecified atom stereocenters. The van der Waals surface area contributed by atoms with Gasteiger partial charge in [0, 0.05) is 25.2 Å². The van der Waals surface area contributed by atoms with Crippen molar-refractivity contribution in [2.75, 3.05) is 6.61 Å². The Morgan fingerprint density at radius 1 is 1.19 bits per heavy atom. The maximum Gasteiger partial charge on any atom is 0.133 e. The molecule has 1 aromatic heterocycles. The Labute approximate surface area is 126 Å². The lowest BCUT2D eigenvalue weighted by Crippen LogP contribution is -2.40. The van der Waals surface area contributed by atoms with E-state index in [9.17, 15) is 5.11 Å². The molecular weight excluding hydrogens is 264 g/mol. The van der Waals surface area contributed by atoms with Crippen molar-refractivity contribution in [3.8, 4) is 0 Å². The Balaban J connectivity index is 2.16. The van der Waals surface area contributed by atoms with E-state index >= 15 is 0 Å². The van der Waals surface area contributed by atoms with E-state index in [1.165, 1.54) is 5.56 Å². The van der Waals surface area contributed by atoms with Crippen LogP contribution in [-0.2, 0) is 13.1 Å². The van der Waals surface area contributed by atoms with Crippen LogP contribution in [0.4, 0.5) is 0 Å². The highest BCUT2D eigenvalue weighted by Crippen LogP contribution is 2.18. The van der Waals surface area contributed by atoms with Crippen molar-refractivity contribution in [2.45, 2.75) is 39.9 Å². The second kappa shape index (κ2) is 7.38. The van der Waals surface area contributed by atoms with Gasteiger partial charge < -0.3 is 9.63 Å². The highest BCUT2D eigenvalue weighted by Gasteiger charge is 2.22. The van der Waals surface area contributed by atoms with Gasteiger partial charge in [-0.05, 0) is 18.4 Å². The topological polar surface area (TPSA) is 49.5 Å². The summed E-state index contributed by atoms with van der Waals surface area (Å²) in [6.45, 7) is 7.76. The Bertz CT molecular complexity index is 537. The largest absolute Gasteiger partial charge is 0.395 e. The molecule has 0 spiro atoms. The SMILES string of the molecule is Cc1cc(CN(Cc2ccccc2)[C@H](CO)C(C)C)no1. The van der Waals surface area contributed by atoms with Crippen molar-refractivity contribution < 1.29 is 9.63 Å². The molecule has 4 nitrogen and oxygen atoms in total. The van der Waals surface area contributed by atoms with E-state index in [1.807, 2.05) is 31.2 Å². The quantitative estimate of drug-likeness (QED) is 0.851. The second-order valence-electron chi connectivity index (χ2n) is 5.81. The molecule has 0 aliphatic heterocycles. The summed E-state index contributed by atoms with van der Waals surface area (Å²) in [6.07, 6.45) is 0. The molecule has 0 aliphatic carbocycles. The normalized spacial score (nSPS) is 13.0. The van der Waals surface area contributed by atoms with E-state index in [-0.39, 0.29) is 12.6 Å². The minimum atomic E-state index is 0.0993. The first-order valence-corrected chi connectivity index (χ1v) is 7.41. The van der Waals surface area contributed by atoms with Crippen LogP contribution in [0.1, 0.15) is 30.9 Å². The summed E-state index contributed by atoms with van der Waals surface area (Å²) in [7, 11) is 0. The molecule has 1 heterocycles. The number of aliphatic hydroxyl groups is 1. The maximum atomic E-state index is 9.74. The number of aliphatic hydroxyl groups excluding tert-OH is 1. The van der Waals surface area contributed by atoms with Crippen LogP contribution in [0.15, 0.2) is 40.9 Å². The van der Waals surface area contributed by atoms with Crippen molar-refractivity contribution in [3.05, 3.63) is 53.4 Å². The van der Waals surface area contributed by atoms with Gasteiger partial charge >= 0.3 is 0 Å². The van der Waals surface area contributed by atoms with Gasteiger partial charge in [0.2, 0.25) is 0 Å². The summed E-state index contributed by atoms with van der Waals surface area (Å²) in [4.78, 5) is 2.26. The molecule has 0 amide bonds. The number of aromatic nitrogens is 1. The van der Waals surface area contributed by atoms with E-state index in [4.69, 9.17) is 4.52 Å². The molecule has 1 aromatic carbocycles. The molecule has 0 aliphatic rings. The first-order chi connectivity index (χ1) is 10.1. The van der Waals surface area contributed by atoms with Crippen LogP contribution < -0.4 is 0 Å². The summed E-state index contributed by atoms with van der Waals surface area (Å²) in [5.41, 5.74) is 2.14. The van der Waals surface area contributed by atoms with Crippen LogP contribution in [0.5, 0.6) is 0 Å². The van der Waals surface area contributed by atoms with E-state index in [2.05, 4.69) is 36.0 Å². The van der Waals surface area contributed by atoms with E-state index < -0.39 is 0 Å². The second-order valence-corrected chi connectivity index (χ2v) is 5.81. The van der Waals surface area contributed by atoms with Crippen LogP contribution in [0, 0.1) is 12.8 Å². The minimum absolute atomic E-state index is 0.0993. The fourth-order valence-electron chi connectivity index (χ4n) is 2.56. The average Bonchev–Trinajstić information content (AvgIpc) is 2.85. The maximum absolute atomic E-state index is 9.74. The number of hydrogen-bond acceptors (Lipinski definition) is 4. The number of rotatable bonds is 7. The molecular formula is C17H24N2O2. The lowest BCUT2D eigenvalue weighted by molar-refractivity contribution is 0.0765. The van der Waals surface area contributed by atoms with Crippen LogP contribution in [0.25, 0.3) is 0 Å². The van der Waals surface area contributed by atoms with Gasteiger partial charge in [-0.3, -0.25) is 4.90 Å². The fraction of sp³-hybridized carbons (Fsp3) is 0.471. The Kier molecular flexibility index (Phi) is 5.53. The van der Waals surface area contributed by atoms with Gasteiger partial charge in [0.1, 0.15) is 5.76 Å². The fourth-order valence-corrected chi connectivity index (χ4v) is 2.56. The first kappa shape index (κ1) is 15.7. The van der Waals surface area contributed by atoms with Crippen LogP contribution in [0.3, 0.4) is 0 Å². The predicted molar refractivity (Wildman–Crippen MR) is 82.6 cm³/mol. The zero-order valence-corrected chi connectivity index (χ0v) is 13.0. The Morgan fingerprint density at radius 3 is 2.43 bits per heavy atom. The van der Waals surface area contributed by atoms with E-state index in [0.717, 1.165) is 18.0 Å². The van der Waals surface area contributed by atoms with Crippen molar-refractivity contribution in [2.24, 2.45) is 5.92 Å². The highest BCUT2D eigenvalue weighted by molar-refractivity contribution is 5.15. The number of hydrogen-bond donors (Lipinski definition) is 1. The van der Waals surface area contributed by atoms with E-state index in [1.54, 1.807) is 0 Å². The zero-order valence-electron chi connectivity index (χ0n) is 13.0. The molecule has 0 saturated carbocycles. The van der Waals surface area contributed by atoms with Crippen molar-refractivity contribution in [3.63, 3.8) is 0 Å². The summed E-state index contributed by atoms with van der Waals surface area (Å²) < 4.78 is 5.15. The summed E-state index contributed by atoms with van der Waals surface area (Å²) in [5.74, 6) is 1.18. The molecule has 0 radical (unpaired) electrons. The van der Waals surface area contributed by atoms with E-state index in [0.29, 0.717) is 12.5 Å². The van der Waals surface area contributed by atoms with Crippen molar-refractivity contribution in [1.29, 1.82) is 0 Å². The van der Waals surface area contributed by atoms with Gasteiger partial charge in [-0.25, -0.2) is 0 Å². The van der Waals surface area contributed by atoms with Crippen LogP contribution >= 0.6 is 0 Å². The molecule has 21 heavy (non-hydrogen) atoms. The molecule has 1 atom stereocenters. The lowest BCUT2D eigenvalue weighted by atomic mass is 10.0. The summed E-state index contributed by atoms with van der Waals surface area (Å²) in [5, 5.41) is 13.8. The Hall–Kier alpha value is -1.65. The molecule has 114 valence electrons. The standard InChI is InChI=1S/C17H24N2O2/c1-13(2)17(12-20)19(10-15-7-5-4-6-8-15)11-16-9-14(3)21-18-16/h4-9,13,17,20H,10-12H2,1-3H3/t17-/m1/s1. The Morgan fingerprint density at radius 2 is 1.90 bits per heavy atom. The molecule has 2 aromatic rings. The number of nitrogens with zero attached hydrogens (tertiary/aromatic N) is 2. The van der Waals surface area contributed by atoms with Crippen LogP contribution in [-0.4, -0.2) is 27.8 Å².